The van der Waals surface area contributed by atoms with Gasteiger partial charge in [0.05, 0.1) is 0 Å². The largest absolute Gasteiger partial charge is 0.485 e. The fraction of sp³-hybridized carbons (Fsp3) is 0.0870. The molecule has 144 valence electrons. The van der Waals surface area contributed by atoms with Crippen LogP contribution >= 0.6 is 0 Å². The number of nitrogens with zero attached hydrogens (tertiary/aromatic N) is 2. The minimum Gasteiger partial charge on any atom is -0.485 e. The second kappa shape index (κ2) is 8.06. The maximum atomic E-state index is 12.9. The van der Waals surface area contributed by atoms with E-state index >= 15 is 0 Å². The number of benzene rings is 3. The lowest BCUT2D eigenvalue weighted by molar-refractivity contribution is 0.0921. The van der Waals surface area contributed by atoms with Gasteiger partial charge >= 0.3 is 0 Å². The van der Waals surface area contributed by atoms with Crippen molar-refractivity contribution in [2.75, 3.05) is 6.61 Å². The van der Waals surface area contributed by atoms with Crippen LogP contribution in [0.4, 0.5) is 4.39 Å². The van der Waals surface area contributed by atoms with Gasteiger partial charge in [-0.2, -0.15) is 4.98 Å². The summed E-state index contributed by atoms with van der Waals surface area (Å²) in [5.74, 6) is 0.854. The van der Waals surface area contributed by atoms with E-state index in [1.54, 1.807) is 24.3 Å². The molecule has 0 amide bonds. The van der Waals surface area contributed by atoms with Crippen molar-refractivity contribution in [2.24, 2.45) is 0 Å². The van der Waals surface area contributed by atoms with Crippen molar-refractivity contribution in [3.05, 3.63) is 89.7 Å². The molecule has 0 fully saturated rings. The number of hydrogen-bond acceptors (Lipinski definition) is 5. The van der Waals surface area contributed by atoms with Gasteiger partial charge in [-0.25, -0.2) is 4.39 Å². The van der Waals surface area contributed by atoms with Gasteiger partial charge in [-0.15, -0.1) is 0 Å². The molecule has 0 aliphatic rings. The van der Waals surface area contributed by atoms with Gasteiger partial charge in [-0.05, 0) is 67.1 Å². The summed E-state index contributed by atoms with van der Waals surface area (Å²) >= 11 is 0. The molecule has 4 aromatic rings. The van der Waals surface area contributed by atoms with E-state index in [2.05, 4.69) is 10.1 Å². The molecule has 0 spiro atoms. The first kappa shape index (κ1) is 18.6. The lowest BCUT2D eigenvalue weighted by atomic mass is 10.1. The topological polar surface area (TPSA) is 65.2 Å². The molecular weight excluding hydrogens is 371 g/mol. The van der Waals surface area contributed by atoms with Gasteiger partial charge in [0.15, 0.2) is 12.4 Å². The molecule has 0 aliphatic carbocycles. The molecular formula is C23H17FN2O3. The number of carbonyl (C=O) groups is 1. The summed E-state index contributed by atoms with van der Waals surface area (Å²) in [7, 11) is 0. The SMILES string of the molecule is Cc1ccccc1-c1nc(-c2ccc(OCC(=O)c3ccc(F)cc3)cc2)no1. The van der Waals surface area contributed by atoms with Crippen LogP contribution in [0.15, 0.2) is 77.3 Å². The molecule has 1 aromatic heterocycles. The fourth-order valence-electron chi connectivity index (χ4n) is 2.83. The predicted octanol–water partition coefficient (Wildman–Crippen LogP) is 5.11. The minimum atomic E-state index is -0.384. The number of ether oxygens (including phenoxy) is 1. The van der Waals surface area contributed by atoms with Crippen LogP contribution in [0.1, 0.15) is 15.9 Å². The first-order valence-electron chi connectivity index (χ1n) is 9.02. The number of rotatable bonds is 6. The van der Waals surface area contributed by atoms with Crippen molar-refractivity contribution in [2.45, 2.75) is 6.92 Å². The van der Waals surface area contributed by atoms with E-state index in [-0.39, 0.29) is 18.2 Å². The van der Waals surface area contributed by atoms with Crippen LogP contribution in [0.3, 0.4) is 0 Å². The van der Waals surface area contributed by atoms with E-state index in [9.17, 15) is 9.18 Å². The predicted molar refractivity (Wildman–Crippen MR) is 106 cm³/mol. The van der Waals surface area contributed by atoms with Gasteiger partial charge in [0.1, 0.15) is 11.6 Å². The average Bonchev–Trinajstić information content (AvgIpc) is 3.23. The van der Waals surface area contributed by atoms with E-state index < -0.39 is 0 Å². The Bertz CT molecular complexity index is 1140. The van der Waals surface area contributed by atoms with Crippen molar-refractivity contribution in [1.29, 1.82) is 0 Å². The second-order valence-corrected chi connectivity index (χ2v) is 6.48. The molecule has 0 bridgehead atoms. The van der Waals surface area contributed by atoms with E-state index in [1.807, 2.05) is 31.2 Å². The molecule has 3 aromatic carbocycles. The Labute approximate surface area is 166 Å². The summed E-state index contributed by atoms with van der Waals surface area (Å²) in [4.78, 5) is 16.6. The highest BCUT2D eigenvalue weighted by atomic mass is 19.1. The van der Waals surface area contributed by atoms with Crippen molar-refractivity contribution in [3.63, 3.8) is 0 Å². The summed E-state index contributed by atoms with van der Waals surface area (Å²) in [6, 6.07) is 20.2. The van der Waals surface area contributed by atoms with E-state index in [1.165, 1.54) is 24.3 Å². The fourth-order valence-corrected chi connectivity index (χ4v) is 2.83. The Morgan fingerprint density at radius 3 is 2.45 bits per heavy atom. The Hall–Kier alpha value is -3.80. The first-order valence-corrected chi connectivity index (χ1v) is 9.02. The van der Waals surface area contributed by atoms with Gasteiger partial charge in [0.25, 0.3) is 5.89 Å². The van der Waals surface area contributed by atoms with Crippen LogP contribution in [-0.2, 0) is 0 Å². The van der Waals surface area contributed by atoms with Crippen LogP contribution < -0.4 is 4.74 Å². The summed E-state index contributed by atoms with van der Waals surface area (Å²) in [6.07, 6.45) is 0. The number of carbonyl (C=O) groups excluding carboxylic acids is 1. The van der Waals surface area contributed by atoms with Gasteiger partial charge < -0.3 is 9.26 Å². The average molecular weight is 388 g/mol. The molecule has 1 heterocycles. The van der Waals surface area contributed by atoms with Crippen molar-refractivity contribution in [3.8, 4) is 28.6 Å². The summed E-state index contributed by atoms with van der Waals surface area (Å²) < 4.78 is 23.9. The number of halogens is 1. The van der Waals surface area contributed by atoms with Gasteiger partial charge in [0, 0.05) is 16.7 Å². The molecule has 0 aliphatic heterocycles. The van der Waals surface area contributed by atoms with E-state index in [0.29, 0.717) is 23.0 Å². The number of aryl methyl sites for hydroxylation is 1. The summed E-state index contributed by atoms with van der Waals surface area (Å²) in [6.45, 7) is 1.85. The second-order valence-electron chi connectivity index (χ2n) is 6.48. The molecule has 0 saturated carbocycles. The molecule has 0 saturated heterocycles. The van der Waals surface area contributed by atoms with Gasteiger partial charge in [0.2, 0.25) is 5.82 Å². The van der Waals surface area contributed by atoms with Crippen molar-refractivity contribution >= 4 is 5.78 Å². The molecule has 5 nitrogen and oxygen atoms in total. The number of hydrogen-bond donors (Lipinski definition) is 0. The van der Waals surface area contributed by atoms with E-state index in [4.69, 9.17) is 9.26 Å². The molecule has 0 unspecified atom stereocenters. The maximum Gasteiger partial charge on any atom is 0.258 e. The third-order valence-electron chi connectivity index (χ3n) is 4.45. The Balaban J connectivity index is 1.42. The van der Waals surface area contributed by atoms with E-state index in [0.717, 1.165) is 16.7 Å². The summed E-state index contributed by atoms with van der Waals surface area (Å²) in [5.41, 5.74) is 3.12. The quantitative estimate of drug-likeness (QED) is 0.429. The zero-order valence-corrected chi connectivity index (χ0v) is 15.6. The maximum absolute atomic E-state index is 12.9. The van der Waals surface area contributed by atoms with Crippen LogP contribution in [0.5, 0.6) is 5.75 Å². The number of ketones is 1. The van der Waals surface area contributed by atoms with Crippen LogP contribution in [0, 0.1) is 12.7 Å². The van der Waals surface area contributed by atoms with Crippen molar-refractivity contribution < 1.29 is 18.4 Å². The van der Waals surface area contributed by atoms with Gasteiger partial charge in [-0.1, -0.05) is 23.4 Å². The number of aromatic nitrogens is 2. The Morgan fingerprint density at radius 1 is 1.00 bits per heavy atom. The monoisotopic (exact) mass is 388 g/mol. The third kappa shape index (κ3) is 4.21. The van der Waals surface area contributed by atoms with Crippen LogP contribution in [0.25, 0.3) is 22.8 Å². The van der Waals surface area contributed by atoms with Crippen molar-refractivity contribution in [1.82, 2.24) is 10.1 Å². The molecule has 0 radical (unpaired) electrons. The highest BCUT2D eigenvalue weighted by molar-refractivity contribution is 5.97. The number of Topliss-reactive ketones (excluding diaryl/α,β-unsaturated/α-hetero) is 1. The highest BCUT2D eigenvalue weighted by Crippen LogP contribution is 2.25. The zero-order chi connectivity index (χ0) is 20.2. The van der Waals surface area contributed by atoms with Crippen LogP contribution in [0.2, 0.25) is 0 Å². The third-order valence-corrected chi connectivity index (χ3v) is 4.45. The lowest BCUT2D eigenvalue weighted by Crippen LogP contribution is -2.11. The van der Waals surface area contributed by atoms with Crippen LogP contribution in [-0.4, -0.2) is 22.5 Å². The Morgan fingerprint density at radius 2 is 1.72 bits per heavy atom. The smallest absolute Gasteiger partial charge is 0.258 e. The normalized spacial score (nSPS) is 10.7. The first-order chi connectivity index (χ1) is 14.1. The van der Waals surface area contributed by atoms with Gasteiger partial charge in [-0.3, -0.25) is 4.79 Å². The molecule has 4 rings (SSSR count). The zero-order valence-electron chi connectivity index (χ0n) is 15.6. The summed E-state index contributed by atoms with van der Waals surface area (Å²) in [5, 5.41) is 4.04. The minimum absolute atomic E-state index is 0.134. The molecule has 0 N–H and O–H groups in total. The molecule has 0 atom stereocenters. The Kier molecular flexibility index (Phi) is 5.16. The highest BCUT2D eigenvalue weighted by Gasteiger charge is 2.13. The standard InChI is InChI=1S/C23H17FN2O3/c1-15-4-2-3-5-20(15)23-25-22(26-29-23)17-8-12-19(13-9-17)28-14-21(27)16-6-10-18(24)11-7-16/h2-13H,14H2,1H3. The molecule has 29 heavy (non-hydrogen) atoms. The molecule has 6 heteroatoms. The lowest BCUT2D eigenvalue weighted by Gasteiger charge is -2.06.